The second kappa shape index (κ2) is 7.38. The predicted molar refractivity (Wildman–Crippen MR) is 97.1 cm³/mol. The van der Waals surface area contributed by atoms with Gasteiger partial charge in [-0.05, 0) is 43.3 Å². The largest absolute Gasteiger partial charge is 0.465 e. The summed E-state index contributed by atoms with van der Waals surface area (Å²) in [6.07, 6.45) is 0. The summed E-state index contributed by atoms with van der Waals surface area (Å²) >= 11 is 0. The van der Waals surface area contributed by atoms with Crippen molar-refractivity contribution in [3.8, 4) is 0 Å². The van der Waals surface area contributed by atoms with Gasteiger partial charge in [0.2, 0.25) is 0 Å². The molecule has 2 aromatic carbocycles. The zero-order chi connectivity index (χ0) is 17.8. The number of methoxy groups -OCH3 is 1. The number of carbonyl (C=O) groups is 2. The number of piperazine rings is 1. The van der Waals surface area contributed by atoms with E-state index in [0.29, 0.717) is 18.7 Å². The van der Waals surface area contributed by atoms with Gasteiger partial charge < -0.3 is 14.5 Å². The highest BCUT2D eigenvalue weighted by molar-refractivity contribution is 5.94. The van der Waals surface area contributed by atoms with Crippen molar-refractivity contribution in [2.75, 3.05) is 38.2 Å². The van der Waals surface area contributed by atoms with Gasteiger partial charge in [0.1, 0.15) is 0 Å². The molecule has 3 rings (SSSR count). The summed E-state index contributed by atoms with van der Waals surface area (Å²) < 4.78 is 4.71. The molecule has 1 fully saturated rings. The van der Waals surface area contributed by atoms with Gasteiger partial charge in [0.15, 0.2) is 0 Å². The van der Waals surface area contributed by atoms with Crippen LogP contribution in [0, 0.1) is 6.92 Å². The lowest BCUT2D eigenvalue weighted by molar-refractivity contribution is 0.0600. The third-order valence-electron chi connectivity index (χ3n) is 4.52. The Labute approximate surface area is 147 Å². The minimum atomic E-state index is -0.333. The van der Waals surface area contributed by atoms with Crippen LogP contribution in [0.3, 0.4) is 0 Å². The van der Waals surface area contributed by atoms with E-state index in [9.17, 15) is 9.59 Å². The monoisotopic (exact) mass is 338 g/mol. The second-order valence-corrected chi connectivity index (χ2v) is 6.18. The van der Waals surface area contributed by atoms with Crippen LogP contribution in [0.4, 0.5) is 5.69 Å². The van der Waals surface area contributed by atoms with Crippen LogP contribution in [0.1, 0.15) is 26.3 Å². The standard InChI is InChI=1S/C20H22N2O3/c1-15-3-5-16(6-4-15)19(23)22-13-11-21(12-14-22)18-9-7-17(8-10-18)20(24)25-2/h3-10H,11-14H2,1-2H3. The van der Waals surface area contributed by atoms with Gasteiger partial charge in [0, 0.05) is 37.4 Å². The van der Waals surface area contributed by atoms with Crippen LogP contribution >= 0.6 is 0 Å². The van der Waals surface area contributed by atoms with Crippen LogP contribution in [0.15, 0.2) is 48.5 Å². The molecule has 0 aromatic heterocycles. The molecule has 0 N–H and O–H groups in total. The molecular weight excluding hydrogens is 316 g/mol. The third-order valence-corrected chi connectivity index (χ3v) is 4.52. The van der Waals surface area contributed by atoms with Crippen LogP contribution < -0.4 is 4.90 Å². The van der Waals surface area contributed by atoms with Gasteiger partial charge in [0.05, 0.1) is 12.7 Å². The highest BCUT2D eigenvalue weighted by Gasteiger charge is 2.22. The van der Waals surface area contributed by atoms with Gasteiger partial charge in [-0.25, -0.2) is 4.79 Å². The number of nitrogens with zero attached hydrogens (tertiary/aromatic N) is 2. The number of amides is 1. The van der Waals surface area contributed by atoms with Crippen LogP contribution in [-0.2, 0) is 4.74 Å². The van der Waals surface area contributed by atoms with Crippen molar-refractivity contribution >= 4 is 17.6 Å². The van der Waals surface area contributed by atoms with Crippen molar-refractivity contribution in [3.05, 3.63) is 65.2 Å². The quantitative estimate of drug-likeness (QED) is 0.808. The van der Waals surface area contributed by atoms with Gasteiger partial charge in [-0.1, -0.05) is 17.7 Å². The zero-order valence-electron chi connectivity index (χ0n) is 14.6. The summed E-state index contributed by atoms with van der Waals surface area (Å²) in [5.41, 5.74) is 3.48. The highest BCUT2D eigenvalue weighted by atomic mass is 16.5. The summed E-state index contributed by atoms with van der Waals surface area (Å²) in [6, 6.07) is 15.1. The number of carbonyl (C=O) groups excluding carboxylic acids is 2. The van der Waals surface area contributed by atoms with Crippen molar-refractivity contribution in [2.24, 2.45) is 0 Å². The molecule has 0 bridgehead atoms. The SMILES string of the molecule is COC(=O)c1ccc(N2CCN(C(=O)c3ccc(C)cc3)CC2)cc1. The Morgan fingerprint density at radius 1 is 0.840 bits per heavy atom. The van der Waals surface area contributed by atoms with E-state index >= 15 is 0 Å². The number of rotatable bonds is 3. The topological polar surface area (TPSA) is 49.9 Å². The molecule has 25 heavy (non-hydrogen) atoms. The molecule has 1 aliphatic heterocycles. The first-order chi connectivity index (χ1) is 12.1. The van der Waals surface area contributed by atoms with Crippen molar-refractivity contribution in [3.63, 3.8) is 0 Å². The molecule has 1 saturated heterocycles. The van der Waals surface area contributed by atoms with E-state index in [2.05, 4.69) is 4.90 Å². The molecule has 0 atom stereocenters. The fourth-order valence-electron chi connectivity index (χ4n) is 2.97. The second-order valence-electron chi connectivity index (χ2n) is 6.18. The molecule has 1 aliphatic rings. The predicted octanol–water partition coefficient (Wildman–Crippen LogP) is 2.74. The average molecular weight is 338 g/mol. The summed E-state index contributed by atoms with van der Waals surface area (Å²) in [7, 11) is 1.38. The van der Waals surface area contributed by atoms with Crippen molar-refractivity contribution in [1.29, 1.82) is 0 Å². The van der Waals surface area contributed by atoms with E-state index in [0.717, 1.165) is 29.9 Å². The van der Waals surface area contributed by atoms with Crippen LogP contribution in [0.25, 0.3) is 0 Å². The molecular formula is C20H22N2O3. The molecule has 1 heterocycles. The Morgan fingerprint density at radius 2 is 1.40 bits per heavy atom. The van der Waals surface area contributed by atoms with Crippen LogP contribution in [0.5, 0.6) is 0 Å². The molecule has 5 heteroatoms. The first kappa shape index (κ1) is 17.0. The number of hydrogen-bond acceptors (Lipinski definition) is 4. The fourth-order valence-corrected chi connectivity index (χ4v) is 2.97. The number of anilines is 1. The van der Waals surface area contributed by atoms with Crippen molar-refractivity contribution < 1.29 is 14.3 Å². The fraction of sp³-hybridized carbons (Fsp3) is 0.300. The maximum Gasteiger partial charge on any atom is 0.337 e. The van der Waals surface area contributed by atoms with E-state index in [1.165, 1.54) is 7.11 Å². The summed E-state index contributed by atoms with van der Waals surface area (Å²) in [5.74, 6) is -0.249. The first-order valence-corrected chi connectivity index (χ1v) is 8.38. The van der Waals surface area contributed by atoms with Crippen molar-refractivity contribution in [1.82, 2.24) is 4.90 Å². The van der Waals surface area contributed by atoms with Gasteiger partial charge in [-0.15, -0.1) is 0 Å². The number of esters is 1. The van der Waals surface area contributed by atoms with E-state index in [-0.39, 0.29) is 11.9 Å². The Morgan fingerprint density at radius 3 is 1.96 bits per heavy atom. The van der Waals surface area contributed by atoms with Gasteiger partial charge in [-0.3, -0.25) is 4.79 Å². The molecule has 5 nitrogen and oxygen atoms in total. The van der Waals surface area contributed by atoms with E-state index in [1.807, 2.05) is 48.2 Å². The number of benzene rings is 2. The normalized spacial score (nSPS) is 14.3. The Balaban J connectivity index is 1.60. The lowest BCUT2D eigenvalue weighted by Gasteiger charge is -2.36. The number of ether oxygens (including phenoxy) is 1. The maximum absolute atomic E-state index is 12.6. The Kier molecular flexibility index (Phi) is 5.03. The summed E-state index contributed by atoms with van der Waals surface area (Å²) in [6.45, 7) is 4.93. The van der Waals surface area contributed by atoms with Gasteiger partial charge in [-0.2, -0.15) is 0 Å². The van der Waals surface area contributed by atoms with Crippen LogP contribution in [0.2, 0.25) is 0 Å². The smallest absolute Gasteiger partial charge is 0.337 e. The van der Waals surface area contributed by atoms with Crippen LogP contribution in [-0.4, -0.2) is 50.1 Å². The lowest BCUT2D eigenvalue weighted by Crippen LogP contribution is -2.48. The average Bonchev–Trinajstić information content (AvgIpc) is 2.67. The minimum Gasteiger partial charge on any atom is -0.465 e. The van der Waals surface area contributed by atoms with Gasteiger partial charge >= 0.3 is 5.97 Å². The summed E-state index contributed by atoms with van der Waals surface area (Å²) in [4.78, 5) is 28.2. The molecule has 130 valence electrons. The van der Waals surface area contributed by atoms with E-state index < -0.39 is 0 Å². The highest BCUT2D eigenvalue weighted by Crippen LogP contribution is 2.19. The molecule has 0 aliphatic carbocycles. The molecule has 0 radical (unpaired) electrons. The third kappa shape index (κ3) is 3.82. The Bertz CT molecular complexity index is 746. The number of aryl methyl sites for hydroxylation is 1. The minimum absolute atomic E-state index is 0.0840. The zero-order valence-corrected chi connectivity index (χ0v) is 14.6. The van der Waals surface area contributed by atoms with E-state index in [1.54, 1.807) is 12.1 Å². The molecule has 1 amide bonds. The summed E-state index contributed by atoms with van der Waals surface area (Å²) in [5, 5.41) is 0. The maximum atomic E-state index is 12.6. The molecule has 0 unspecified atom stereocenters. The molecule has 0 saturated carbocycles. The lowest BCUT2D eigenvalue weighted by atomic mass is 10.1. The van der Waals surface area contributed by atoms with Gasteiger partial charge in [0.25, 0.3) is 5.91 Å². The van der Waals surface area contributed by atoms with Crippen molar-refractivity contribution in [2.45, 2.75) is 6.92 Å². The van der Waals surface area contributed by atoms with E-state index in [4.69, 9.17) is 4.74 Å². The molecule has 0 spiro atoms. The Hall–Kier alpha value is -2.82. The first-order valence-electron chi connectivity index (χ1n) is 8.38. The number of hydrogen-bond donors (Lipinski definition) is 0. The molecule has 2 aromatic rings.